The number of hydrogen-bond donors (Lipinski definition) is 1. The zero-order chi connectivity index (χ0) is 15.4. The van der Waals surface area contributed by atoms with E-state index in [4.69, 9.17) is 0 Å². The number of aromatic nitrogens is 4. The monoisotopic (exact) mass is 301 g/mol. The number of aryl methyl sites for hydroxylation is 1. The molecule has 0 spiro atoms. The van der Waals surface area contributed by atoms with Crippen molar-refractivity contribution in [3.05, 3.63) is 36.4 Å². The van der Waals surface area contributed by atoms with Crippen molar-refractivity contribution in [3.8, 4) is 0 Å². The van der Waals surface area contributed by atoms with Crippen LogP contribution in [0.4, 0.5) is 0 Å². The highest BCUT2D eigenvalue weighted by atomic mass is 15.3. The number of nitrogens with one attached hydrogen (secondary N) is 1. The fourth-order valence-electron chi connectivity index (χ4n) is 2.92. The minimum atomic E-state index is 0.540. The van der Waals surface area contributed by atoms with Crippen molar-refractivity contribution in [1.82, 2.24) is 29.8 Å². The molecule has 1 aliphatic heterocycles. The lowest BCUT2D eigenvalue weighted by Crippen LogP contribution is -2.41. The van der Waals surface area contributed by atoms with Crippen LogP contribution in [0.25, 0.3) is 0 Å². The van der Waals surface area contributed by atoms with E-state index in [1.165, 1.54) is 5.56 Å². The summed E-state index contributed by atoms with van der Waals surface area (Å²) in [6.07, 6.45) is 9.00. The molecule has 1 fully saturated rings. The van der Waals surface area contributed by atoms with Crippen molar-refractivity contribution in [3.63, 3.8) is 0 Å². The summed E-state index contributed by atoms with van der Waals surface area (Å²) in [7, 11) is 3.81. The highest BCUT2D eigenvalue weighted by molar-refractivity contribution is 5.80. The second kappa shape index (κ2) is 6.64. The molecule has 0 amide bonds. The molecule has 118 valence electrons. The van der Waals surface area contributed by atoms with Crippen molar-refractivity contribution >= 4 is 5.96 Å². The van der Waals surface area contributed by atoms with Crippen LogP contribution >= 0.6 is 0 Å². The quantitative estimate of drug-likeness (QED) is 0.666. The van der Waals surface area contributed by atoms with E-state index in [2.05, 4.69) is 31.6 Å². The lowest BCUT2D eigenvalue weighted by Gasteiger charge is -2.21. The predicted octanol–water partition coefficient (Wildman–Crippen LogP) is 0.681. The van der Waals surface area contributed by atoms with E-state index in [9.17, 15) is 0 Å². The van der Waals surface area contributed by atoms with E-state index in [1.807, 2.05) is 41.9 Å². The van der Waals surface area contributed by atoms with E-state index in [-0.39, 0.29) is 0 Å². The number of likely N-dealkylation sites (tertiary alicyclic amines) is 1. The molecule has 7 nitrogen and oxygen atoms in total. The number of nitrogens with zero attached hydrogens (tertiary/aromatic N) is 6. The van der Waals surface area contributed by atoms with Gasteiger partial charge in [-0.05, 0) is 18.1 Å². The van der Waals surface area contributed by atoms with Crippen LogP contribution in [0.15, 0.2) is 35.8 Å². The molecule has 22 heavy (non-hydrogen) atoms. The largest absolute Gasteiger partial charge is 0.354 e. The lowest BCUT2D eigenvalue weighted by atomic mass is 10.0. The first-order valence-electron chi connectivity index (χ1n) is 7.68. The maximum absolute atomic E-state index is 4.40. The molecule has 2 aromatic rings. The molecule has 1 unspecified atom stereocenters. The minimum absolute atomic E-state index is 0.540. The highest BCUT2D eigenvalue weighted by Crippen LogP contribution is 2.26. The van der Waals surface area contributed by atoms with Gasteiger partial charge in [0.2, 0.25) is 0 Å². The maximum Gasteiger partial charge on any atom is 0.193 e. The Bertz CT molecular complexity index is 614. The summed E-state index contributed by atoms with van der Waals surface area (Å²) in [6, 6.07) is 1.94. The van der Waals surface area contributed by atoms with Crippen molar-refractivity contribution in [1.29, 1.82) is 0 Å². The minimum Gasteiger partial charge on any atom is -0.354 e. The van der Waals surface area contributed by atoms with Crippen molar-refractivity contribution < 1.29 is 0 Å². The molecular weight excluding hydrogens is 278 g/mol. The van der Waals surface area contributed by atoms with Gasteiger partial charge in [0.25, 0.3) is 0 Å². The molecule has 1 atom stereocenters. The number of guanidine groups is 1. The standard InChI is InChI=1S/C15H23N7/c1-16-15(17-6-9-22-7-3-5-18-22)21-8-4-13(12-21)14-10-19-20(2)11-14/h3,5,7,10-11,13H,4,6,8-9,12H2,1-2H3,(H,16,17). The summed E-state index contributed by atoms with van der Waals surface area (Å²) in [5, 5.41) is 11.9. The molecule has 3 heterocycles. The average Bonchev–Trinajstić information content (AvgIpc) is 3.24. The molecular formula is C15H23N7. The van der Waals surface area contributed by atoms with Crippen LogP contribution in [0.2, 0.25) is 0 Å². The molecule has 3 rings (SSSR count). The number of hydrogen-bond acceptors (Lipinski definition) is 3. The molecule has 1 aliphatic rings. The van der Waals surface area contributed by atoms with Crippen LogP contribution in [0.5, 0.6) is 0 Å². The second-order valence-electron chi connectivity index (χ2n) is 5.62. The van der Waals surface area contributed by atoms with E-state index in [0.29, 0.717) is 5.92 Å². The third-order valence-electron chi connectivity index (χ3n) is 4.08. The number of aliphatic imine (C=N–C) groups is 1. The molecule has 0 bridgehead atoms. The second-order valence-corrected chi connectivity index (χ2v) is 5.62. The van der Waals surface area contributed by atoms with Gasteiger partial charge < -0.3 is 10.2 Å². The van der Waals surface area contributed by atoms with Gasteiger partial charge in [-0.2, -0.15) is 10.2 Å². The van der Waals surface area contributed by atoms with Crippen LogP contribution in [0, 0.1) is 0 Å². The van der Waals surface area contributed by atoms with E-state index >= 15 is 0 Å². The van der Waals surface area contributed by atoms with Gasteiger partial charge in [0, 0.05) is 58.2 Å². The van der Waals surface area contributed by atoms with Gasteiger partial charge in [0.05, 0.1) is 12.7 Å². The van der Waals surface area contributed by atoms with E-state index in [0.717, 1.165) is 38.6 Å². The molecule has 1 saturated heterocycles. The summed E-state index contributed by atoms with van der Waals surface area (Å²) in [5.74, 6) is 1.51. The average molecular weight is 301 g/mol. The van der Waals surface area contributed by atoms with Crippen LogP contribution in [-0.2, 0) is 13.6 Å². The molecule has 2 aromatic heterocycles. The Hall–Kier alpha value is -2.31. The Morgan fingerprint density at radius 1 is 1.45 bits per heavy atom. The van der Waals surface area contributed by atoms with Gasteiger partial charge in [-0.15, -0.1) is 0 Å². The third-order valence-corrected chi connectivity index (χ3v) is 4.08. The molecule has 0 radical (unpaired) electrons. The Kier molecular flexibility index (Phi) is 4.41. The molecule has 0 aliphatic carbocycles. The summed E-state index contributed by atoms with van der Waals surface area (Å²) < 4.78 is 3.79. The third kappa shape index (κ3) is 3.29. The maximum atomic E-state index is 4.40. The molecule has 1 N–H and O–H groups in total. The first kappa shape index (κ1) is 14.6. The van der Waals surface area contributed by atoms with Gasteiger partial charge in [0.1, 0.15) is 0 Å². The van der Waals surface area contributed by atoms with Gasteiger partial charge >= 0.3 is 0 Å². The molecule has 0 saturated carbocycles. The summed E-state index contributed by atoms with van der Waals surface area (Å²) in [4.78, 5) is 6.72. The van der Waals surface area contributed by atoms with Crippen molar-refractivity contribution in [2.45, 2.75) is 18.9 Å². The molecule has 7 heteroatoms. The predicted molar refractivity (Wildman–Crippen MR) is 85.7 cm³/mol. The van der Waals surface area contributed by atoms with E-state index < -0.39 is 0 Å². The molecule has 0 aromatic carbocycles. The summed E-state index contributed by atoms with van der Waals surface area (Å²) in [5.41, 5.74) is 1.32. The highest BCUT2D eigenvalue weighted by Gasteiger charge is 2.26. The Morgan fingerprint density at radius 3 is 3.05 bits per heavy atom. The Balaban J connectivity index is 1.51. The summed E-state index contributed by atoms with van der Waals surface area (Å²) >= 11 is 0. The van der Waals surface area contributed by atoms with Gasteiger partial charge in [-0.25, -0.2) is 0 Å². The van der Waals surface area contributed by atoms with Crippen LogP contribution in [0.3, 0.4) is 0 Å². The van der Waals surface area contributed by atoms with Crippen LogP contribution < -0.4 is 5.32 Å². The van der Waals surface area contributed by atoms with Crippen molar-refractivity contribution in [2.75, 3.05) is 26.7 Å². The van der Waals surface area contributed by atoms with Gasteiger partial charge in [-0.1, -0.05) is 0 Å². The Morgan fingerprint density at radius 2 is 2.36 bits per heavy atom. The summed E-state index contributed by atoms with van der Waals surface area (Å²) in [6.45, 7) is 3.68. The SMILES string of the molecule is CN=C(NCCn1cccn1)N1CCC(c2cnn(C)c2)C1. The smallest absolute Gasteiger partial charge is 0.193 e. The Labute approximate surface area is 130 Å². The first-order valence-corrected chi connectivity index (χ1v) is 7.68. The fourth-order valence-corrected chi connectivity index (χ4v) is 2.92. The van der Waals surface area contributed by atoms with Crippen molar-refractivity contribution in [2.24, 2.45) is 12.0 Å². The van der Waals surface area contributed by atoms with Gasteiger partial charge in [0.15, 0.2) is 5.96 Å². The van der Waals surface area contributed by atoms with Crippen LogP contribution in [-0.4, -0.2) is 57.1 Å². The normalized spacial score (nSPS) is 18.9. The number of rotatable bonds is 4. The topological polar surface area (TPSA) is 63.3 Å². The zero-order valence-corrected chi connectivity index (χ0v) is 13.2. The fraction of sp³-hybridized carbons (Fsp3) is 0.533. The lowest BCUT2D eigenvalue weighted by molar-refractivity contribution is 0.479. The van der Waals surface area contributed by atoms with Crippen LogP contribution in [0.1, 0.15) is 17.9 Å². The zero-order valence-electron chi connectivity index (χ0n) is 13.2. The first-order chi connectivity index (χ1) is 10.8. The van der Waals surface area contributed by atoms with E-state index in [1.54, 1.807) is 6.20 Å². The van der Waals surface area contributed by atoms with Gasteiger partial charge in [-0.3, -0.25) is 14.4 Å².